The summed E-state index contributed by atoms with van der Waals surface area (Å²) >= 11 is 1.26. The van der Waals surface area contributed by atoms with Crippen LogP contribution in [0.2, 0.25) is 0 Å². The molecule has 0 atom stereocenters. The number of thioether (sulfide) groups is 1. The Balaban J connectivity index is 0.000000370. The highest BCUT2D eigenvalue weighted by Crippen LogP contribution is 2.28. The average Bonchev–Trinajstić information content (AvgIpc) is 3.26. The summed E-state index contributed by atoms with van der Waals surface area (Å²) in [6.07, 6.45) is -3.74. The number of H-pyrrole nitrogens is 1. The molecule has 1 aliphatic rings. The molecule has 2 aromatic heterocycles. The molecule has 0 spiro atoms. The third kappa shape index (κ3) is 5.78. The second-order valence-corrected chi connectivity index (χ2v) is 6.87. The van der Waals surface area contributed by atoms with E-state index in [1.807, 2.05) is 6.92 Å². The van der Waals surface area contributed by atoms with Crippen LogP contribution in [0.25, 0.3) is 0 Å². The molecule has 2 heterocycles. The summed E-state index contributed by atoms with van der Waals surface area (Å²) < 4.78 is 59.4. The number of fused-ring (bicyclic) bond motifs is 1. The molecule has 2 aromatic rings. The van der Waals surface area contributed by atoms with Crippen molar-refractivity contribution in [2.45, 2.75) is 56.2 Å². The van der Waals surface area contributed by atoms with E-state index in [1.165, 1.54) is 18.1 Å². The zero-order chi connectivity index (χ0) is 21.8. The molecule has 160 valence electrons. The summed E-state index contributed by atoms with van der Waals surface area (Å²) in [5.41, 5.74) is 1.77. The minimum absolute atomic E-state index is 0.108. The monoisotopic (exact) mass is 440 g/mol. The first-order valence-corrected chi connectivity index (χ1v) is 9.40. The molecule has 0 amide bonds. The minimum atomic E-state index is -5.08. The average molecular weight is 440 g/mol. The van der Waals surface area contributed by atoms with Gasteiger partial charge >= 0.3 is 12.1 Å². The van der Waals surface area contributed by atoms with E-state index in [-0.39, 0.29) is 11.3 Å². The molecule has 13 heteroatoms. The number of carboxylic acid groups (broad SMARTS) is 1. The van der Waals surface area contributed by atoms with E-state index < -0.39 is 18.6 Å². The first-order chi connectivity index (χ1) is 13.5. The van der Waals surface area contributed by atoms with Gasteiger partial charge in [0.25, 0.3) is 12.0 Å². The normalized spacial score (nSPS) is 13.2. The maximum Gasteiger partial charge on any atom is 0.490 e. The molecule has 0 aliphatic heterocycles. The van der Waals surface area contributed by atoms with E-state index in [0.717, 1.165) is 30.5 Å². The summed E-state index contributed by atoms with van der Waals surface area (Å²) in [6, 6.07) is 0. The Bertz CT molecular complexity index is 926. The van der Waals surface area contributed by atoms with Gasteiger partial charge < -0.3 is 14.7 Å². The summed E-state index contributed by atoms with van der Waals surface area (Å²) in [4.78, 5) is 31.8. The number of rotatable bonds is 5. The number of carbonyl (C=O) groups is 1. The molecule has 0 aromatic carbocycles. The van der Waals surface area contributed by atoms with Crippen LogP contribution < -0.4 is 5.56 Å². The predicted molar refractivity (Wildman–Crippen MR) is 93.0 cm³/mol. The number of halogens is 5. The Morgan fingerprint density at radius 2 is 2.03 bits per heavy atom. The molecule has 0 saturated heterocycles. The van der Waals surface area contributed by atoms with E-state index >= 15 is 0 Å². The number of aromatic nitrogens is 4. The molecular weight excluding hydrogens is 423 g/mol. The lowest BCUT2D eigenvalue weighted by Gasteiger charge is -2.08. The topological polar surface area (TPSA) is 101 Å². The molecule has 0 saturated carbocycles. The van der Waals surface area contributed by atoms with Gasteiger partial charge in [0, 0.05) is 17.9 Å². The van der Waals surface area contributed by atoms with Gasteiger partial charge in [-0.05, 0) is 26.2 Å². The fourth-order valence-corrected chi connectivity index (χ4v) is 3.59. The molecule has 0 radical (unpaired) electrons. The third-order valence-electron chi connectivity index (χ3n) is 4.03. The second kappa shape index (κ2) is 9.37. The van der Waals surface area contributed by atoms with E-state index in [0.29, 0.717) is 23.1 Å². The van der Waals surface area contributed by atoms with Gasteiger partial charge in [-0.3, -0.25) is 4.79 Å². The highest BCUT2D eigenvalue weighted by molar-refractivity contribution is 7.98. The van der Waals surface area contributed by atoms with Crippen LogP contribution in [0, 0.1) is 0 Å². The zero-order valence-corrected chi connectivity index (χ0v) is 15.9. The van der Waals surface area contributed by atoms with Crippen LogP contribution in [0.1, 0.15) is 42.4 Å². The van der Waals surface area contributed by atoms with Gasteiger partial charge in [-0.1, -0.05) is 11.8 Å². The van der Waals surface area contributed by atoms with Crippen LogP contribution in [-0.4, -0.2) is 36.8 Å². The first kappa shape index (κ1) is 22.8. The van der Waals surface area contributed by atoms with E-state index in [9.17, 15) is 26.7 Å². The SMILES string of the molecule is CCn1cnc(C(F)F)c1CSc1nc2c(c(=O)[nH]1)CCC2.O=C(O)C(F)(F)F. The van der Waals surface area contributed by atoms with E-state index in [1.54, 1.807) is 4.57 Å². The van der Waals surface area contributed by atoms with Crippen molar-refractivity contribution in [1.82, 2.24) is 19.5 Å². The largest absolute Gasteiger partial charge is 0.490 e. The smallest absolute Gasteiger partial charge is 0.475 e. The number of alkyl halides is 5. The number of hydrogen-bond acceptors (Lipinski definition) is 5. The number of nitrogens with one attached hydrogen (secondary N) is 1. The lowest BCUT2D eigenvalue weighted by molar-refractivity contribution is -0.192. The van der Waals surface area contributed by atoms with Crippen molar-refractivity contribution in [2.24, 2.45) is 0 Å². The van der Waals surface area contributed by atoms with Crippen LogP contribution in [-0.2, 0) is 29.9 Å². The van der Waals surface area contributed by atoms with Gasteiger partial charge in [0.1, 0.15) is 5.69 Å². The zero-order valence-electron chi connectivity index (χ0n) is 15.1. The Labute approximate surface area is 165 Å². The van der Waals surface area contributed by atoms with Crippen molar-refractivity contribution >= 4 is 17.7 Å². The lowest BCUT2D eigenvalue weighted by Crippen LogP contribution is -2.21. The number of carboxylic acids is 1. The van der Waals surface area contributed by atoms with Gasteiger partial charge in [-0.15, -0.1) is 0 Å². The maximum atomic E-state index is 13.0. The molecule has 2 N–H and O–H groups in total. The Hall–Kier alpha value is -2.44. The summed E-state index contributed by atoms with van der Waals surface area (Å²) in [5.74, 6) is -2.46. The maximum absolute atomic E-state index is 13.0. The number of hydrogen-bond donors (Lipinski definition) is 2. The number of aromatic amines is 1. The Morgan fingerprint density at radius 3 is 2.59 bits per heavy atom. The highest BCUT2D eigenvalue weighted by atomic mass is 32.2. The number of nitrogens with zero attached hydrogens (tertiary/aromatic N) is 3. The standard InChI is InChI=1S/C14H16F2N4OS.C2HF3O2/c1-2-20-7-17-11(12(15)16)10(20)6-22-14-18-9-5-3-4-8(9)13(21)19-14;3-2(4,5)1(6)7/h7,12H,2-6H2,1H3,(H,18,19,21);(H,6,7). The number of aryl methyl sites for hydroxylation is 2. The van der Waals surface area contributed by atoms with Crippen molar-refractivity contribution in [3.8, 4) is 0 Å². The Morgan fingerprint density at radius 1 is 1.38 bits per heavy atom. The molecule has 3 rings (SSSR count). The fraction of sp³-hybridized carbons (Fsp3) is 0.500. The van der Waals surface area contributed by atoms with Gasteiger partial charge in [0.2, 0.25) is 0 Å². The number of aliphatic carboxylic acids is 1. The highest BCUT2D eigenvalue weighted by Gasteiger charge is 2.38. The first-order valence-electron chi connectivity index (χ1n) is 8.41. The van der Waals surface area contributed by atoms with Crippen LogP contribution >= 0.6 is 11.8 Å². The summed E-state index contributed by atoms with van der Waals surface area (Å²) in [6.45, 7) is 2.45. The predicted octanol–water partition coefficient (Wildman–Crippen LogP) is 3.34. The quantitative estimate of drug-likeness (QED) is 0.420. The summed E-state index contributed by atoms with van der Waals surface area (Å²) in [7, 11) is 0. The van der Waals surface area contributed by atoms with Crippen LogP contribution in [0.5, 0.6) is 0 Å². The molecule has 0 unspecified atom stereocenters. The van der Waals surface area contributed by atoms with E-state index in [4.69, 9.17) is 9.90 Å². The molecule has 29 heavy (non-hydrogen) atoms. The van der Waals surface area contributed by atoms with Crippen molar-refractivity contribution in [2.75, 3.05) is 0 Å². The molecule has 0 fully saturated rings. The van der Waals surface area contributed by atoms with Gasteiger partial charge in [-0.25, -0.2) is 23.5 Å². The minimum Gasteiger partial charge on any atom is -0.475 e. The van der Waals surface area contributed by atoms with Crippen LogP contribution in [0.15, 0.2) is 16.3 Å². The molecular formula is C16H17F5N4O3S. The second-order valence-electron chi connectivity index (χ2n) is 5.90. The van der Waals surface area contributed by atoms with E-state index in [2.05, 4.69) is 15.0 Å². The number of imidazole rings is 1. The Kier molecular flexibility index (Phi) is 7.38. The van der Waals surface area contributed by atoms with Crippen LogP contribution in [0.4, 0.5) is 22.0 Å². The fourth-order valence-electron chi connectivity index (χ4n) is 2.66. The van der Waals surface area contributed by atoms with Gasteiger partial charge in [0.05, 0.1) is 17.7 Å². The van der Waals surface area contributed by atoms with Gasteiger partial charge in [0.15, 0.2) is 5.16 Å². The van der Waals surface area contributed by atoms with Crippen molar-refractivity contribution < 1.29 is 31.9 Å². The van der Waals surface area contributed by atoms with Crippen molar-refractivity contribution in [3.63, 3.8) is 0 Å². The molecule has 7 nitrogen and oxygen atoms in total. The lowest BCUT2D eigenvalue weighted by atomic mass is 10.3. The van der Waals surface area contributed by atoms with Gasteiger partial charge in [-0.2, -0.15) is 13.2 Å². The molecule has 1 aliphatic carbocycles. The molecule has 0 bridgehead atoms. The summed E-state index contributed by atoms with van der Waals surface area (Å²) in [5, 5.41) is 7.61. The van der Waals surface area contributed by atoms with Crippen molar-refractivity contribution in [1.29, 1.82) is 0 Å². The third-order valence-corrected chi connectivity index (χ3v) is 4.92. The van der Waals surface area contributed by atoms with Crippen molar-refractivity contribution in [3.05, 3.63) is 39.3 Å². The van der Waals surface area contributed by atoms with Crippen LogP contribution in [0.3, 0.4) is 0 Å².